The Balaban J connectivity index is 1.57. The summed E-state index contributed by atoms with van der Waals surface area (Å²) in [4.78, 5) is 12.0. The standard InChI is InChI=1S/C21H24N2O2/c1-15-7-3-6-10-20(15)25-14-21(24)23-22-16(2)18-12-11-17-8-4-5-9-19(17)13-18/h3,6-7,10-13H,4-5,8-9,14H2,1-2H3,(H,23,24)/b22-16-. The molecule has 130 valence electrons. The molecule has 0 aromatic heterocycles. The first-order valence-corrected chi connectivity index (χ1v) is 8.77. The highest BCUT2D eigenvalue weighted by molar-refractivity contribution is 5.99. The van der Waals surface area contributed by atoms with Gasteiger partial charge in [-0.2, -0.15) is 5.10 Å². The minimum Gasteiger partial charge on any atom is -0.483 e. The van der Waals surface area contributed by atoms with Crippen molar-refractivity contribution in [3.8, 4) is 5.75 Å². The average Bonchev–Trinajstić information content (AvgIpc) is 2.65. The maximum Gasteiger partial charge on any atom is 0.277 e. The molecule has 2 aromatic rings. The van der Waals surface area contributed by atoms with Gasteiger partial charge < -0.3 is 4.74 Å². The molecule has 0 fully saturated rings. The molecule has 4 heteroatoms. The SMILES string of the molecule is C/C(=N/NC(=O)COc1ccccc1C)c1ccc2c(c1)CCCC2. The molecule has 1 N–H and O–H groups in total. The first-order chi connectivity index (χ1) is 12.1. The van der Waals surface area contributed by atoms with Crippen molar-refractivity contribution in [2.24, 2.45) is 5.10 Å². The lowest BCUT2D eigenvalue weighted by Gasteiger charge is -2.16. The summed E-state index contributed by atoms with van der Waals surface area (Å²) in [5, 5.41) is 4.22. The van der Waals surface area contributed by atoms with Crippen LogP contribution in [0.3, 0.4) is 0 Å². The van der Waals surface area contributed by atoms with Gasteiger partial charge in [0.05, 0.1) is 5.71 Å². The largest absolute Gasteiger partial charge is 0.483 e. The number of carbonyl (C=O) groups excluding carboxylic acids is 1. The minimum absolute atomic E-state index is 0.0498. The minimum atomic E-state index is -0.263. The number of nitrogens with one attached hydrogen (secondary N) is 1. The molecule has 0 atom stereocenters. The summed E-state index contributed by atoms with van der Waals surface area (Å²) >= 11 is 0. The third-order valence-electron chi connectivity index (χ3n) is 4.57. The second-order valence-corrected chi connectivity index (χ2v) is 6.48. The van der Waals surface area contributed by atoms with Crippen molar-refractivity contribution in [3.63, 3.8) is 0 Å². The quantitative estimate of drug-likeness (QED) is 0.667. The molecule has 2 aromatic carbocycles. The summed E-state index contributed by atoms with van der Waals surface area (Å²) in [7, 11) is 0. The van der Waals surface area contributed by atoms with E-state index in [2.05, 4.69) is 28.7 Å². The van der Waals surface area contributed by atoms with Crippen molar-refractivity contribution in [3.05, 3.63) is 64.7 Å². The fourth-order valence-electron chi connectivity index (χ4n) is 3.06. The maximum atomic E-state index is 12.0. The van der Waals surface area contributed by atoms with Gasteiger partial charge in [-0.05, 0) is 73.9 Å². The van der Waals surface area contributed by atoms with Crippen LogP contribution in [0.1, 0.15) is 42.0 Å². The number of hydrazone groups is 1. The average molecular weight is 336 g/mol. The van der Waals surface area contributed by atoms with Crippen LogP contribution in [0.2, 0.25) is 0 Å². The molecule has 0 spiro atoms. The van der Waals surface area contributed by atoms with Crippen molar-refractivity contribution < 1.29 is 9.53 Å². The van der Waals surface area contributed by atoms with Crippen LogP contribution in [0.15, 0.2) is 47.6 Å². The zero-order chi connectivity index (χ0) is 17.6. The molecule has 4 nitrogen and oxygen atoms in total. The number of hydrogen-bond donors (Lipinski definition) is 1. The van der Waals surface area contributed by atoms with Crippen LogP contribution in [-0.4, -0.2) is 18.2 Å². The molecule has 1 aliphatic rings. The Kier molecular flexibility index (Phi) is 5.49. The van der Waals surface area contributed by atoms with Crippen molar-refractivity contribution in [2.75, 3.05) is 6.61 Å². The first-order valence-electron chi connectivity index (χ1n) is 8.77. The number of hydrogen-bond acceptors (Lipinski definition) is 3. The van der Waals surface area contributed by atoms with Gasteiger partial charge in [0.2, 0.25) is 0 Å². The number of amides is 1. The van der Waals surface area contributed by atoms with Crippen LogP contribution in [0.5, 0.6) is 5.75 Å². The maximum absolute atomic E-state index is 12.0. The summed E-state index contributed by atoms with van der Waals surface area (Å²) in [6.07, 6.45) is 4.82. The molecule has 0 aliphatic heterocycles. The summed E-state index contributed by atoms with van der Waals surface area (Å²) in [6, 6.07) is 14.1. The fourth-order valence-corrected chi connectivity index (χ4v) is 3.06. The lowest BCUT2D eigenvalue weighted by atomic mass is 9.90. The van der Waals surface area contributed by atoms with Gasteiger partial charge in [-0.3, -0.25) is 4.79 Å². The van der Waals surface area contributed by atoms with Gasteiger partial charge >= 0.3 is 0 Å². The topological polar surface area (TPSA) is 50.7 Å². The van der Waals surface area contributed by atoms with E-state index in [0.717, 1.165) is 23.3 Å². The van der Waals surface area contributed by atoms with Gasteiger partial charge in [-0.1, -0.05) is 30.3 Å². The van der Waals surface area contributed by atoms with E-state index in [-0.39, 0.29) is 12.5 Å². The lowest BCUT2D eigenvalue weighted by Crippen LogP contribution is -2.25. The molecule has 1 aliphatic carbocycles. The molecule has 25 heavy (non-hydrogen) atoms. The summed E-state index contributed by atoms with van der Waals surface area (Å²) in [5.74, 6) is 0.452. The molecule has 0 saturated heterocycles. The van der Waals surface area contributed by atoms with Crippen molar-refractivity contribution in [1.82, 2.24) is 5.43 Å². The van der Waals surface area contributed by atoms with Gasteiger partial charge in [0.15, 0.2) is 6.61 Å². The second-order valence-electron chi connectivity index (χ2n) is 6.48. The third-order valence-corrected chi connectivity index (χ3v) is 4.57. The molecule has 0 unspecified atom stereocenters. The summed E-state index contributed by atoms with van der Waals surface area (Å²) in [6.45, 7) is 3.81. The molecular weight excluding hydrogens is 312 g/mol. The van der Waals surface area contributed by atoms with E-state index < -0.39 is 0 Å². The third kappa shape index (κ3) is 4.47. The number of rotatable bonds is 5. The lowest BCUT2D eigenvalue weighted by molar-refractivity contribution is -0.123. The van der Waals surface area contributed by atoms with Crippen LogP contribution in [0, 0.1) is 6.92 Å². The number of carbonyl (C=O) groups is 1. The van der Waals surface area contributed by atoms with E-state index >= 15 is 0 Å². The van der Waals surface area contributed by atoms with Crippen LogP contribution in [-0.2, 0) is 17.6 Å². The van der Waals surface area contributed by atoms with Gasteiger partial charge in [0, 0.05) is 0 Å². The smallest absolute Gasteiger partial charge is 0.277 e. The van der Waals surface area contributed by atoms with E-state index in [9.17, 15) is 4.79 Å². The monoisotopic (exact) mass is 336 g/mol. The first kappa shape index (κ1) is 17.2. The zero-order valence-electron chi connectivity index (χ0n) is 14.8. The Bertz CT molecular complexity index is 796. The Morgan fingerprint density at radius 1 is 1.12 bits per heavy atom. The number of fused-ring (bicyclic) bond motifs is 1. The Morgan fingerprint density at radius 2 is 1.88 bits per heavy atom. The van der Waals surface area contributed by atoms with Crippen LogP contribution >= 0.6 is 0 Å². The number of para-hydroxylation sites is 1. The van der Waals surface area contributed by atoms with Crippen LogP contribution in [0.25, 0.3) is 0 Å². The molecule has 0 radical (unpaired) electrons. The van der Waals surface area contributed by atoms with Gasteiger partial charge in [0.1, 0.15) is 5.75 Å². The van der Waals surface area contributed by atoms with Gasteiger partial charge in [0.25, 0.3) is 5.91 Å². The van der Waals surface area contributed by atoms with E-state index in [4.69, 9.17) is 4.74 Å². The van der Waals surface area contributed by atoms with Gasteiger partial charge in [-0.25, -0.2) is 5.43 Å². The molecule has 0 heterocycles. The fraction of sp³-hybridized carbons (Fsp3) is 0.333. The van der Waals surface area contributed by atoms with Crippen molar-refractivity contribution in [1.29, 1.82) is 0 Å². The molecule has 3 rings (SSSR count). The van der Waals surface area contributed by atoms with Crippen molar-refractivity contribution in [2.45, 2.75) is 39.5 Å². The predicted octanol–water partition coefficient (Wildman–Crippen LogP) is 3.79. The number of nitrogens with zero attached hydrogens (tertiary/aromatic N) is 1. The molecule has 0 bridgehead atoms. The molecule has 0 saturated carbocycles. The normalized spacial score (nSPS) is 13.9. The zero-order valence-corrected chi connectivity index (χ0v) is 14.8. The highest BCUT2D eigenvalue weighted by Gasteiger charge is 2.10. The highest BCUT2D eigenvalue weighted by Crippen LogP contribution is 2.22. The Labute approximate surface area is 148 Å². The van der Waals surface area contributed by atoms with Gasteiger partial charge in [-0.15, -0.1) is 0 Å². The summed E-state index contributed by atoms with van der Waals surface area (Å²) < 4.78 is 5.53. The molecular formula is C21H24N2O2. The number of benzene rings is 2. The number of ether oxygens (including phenoxy) is 1. The second kappa shape index (κ2) is 7.97. The van der Waals surface area contributed by atoms with E-state index in [1.165, 1.54) is 30.4 Å². The van der Waals surface area contributed by atoms with Crippen LogP contribution in [0.4, 0.5) is 0 Å². The predicted molar refractivity (Wildman–Crippen MR) is 100 cm³/mol. The van der Waals surface area contributed by atoms with Crippen molar-refractivity contribution >= 4 is 11.6 Å². The highest BCUT2D eigenvalue weighted by atomic mass is 16.5. The van der Waals surface area contributed by atoms with E-state index in [1.54, 1.807) is 0 Å². The molecule has 1 amide bonds. The summed E-state index contributed by atoms with van der Waals surface area (Å²) in [5.41, 5.74) is 8.29. The van der Waals surface area contributed by atoms with E-state index in [1.807, 2.05) is 38.1 Å². The Hall–Kier alpha value is -2.62. The van der Waals surface area contributed by atoms with E-state index in [0.29, 0.717) is 5.75 Å². The van der Waals surface area contributed by atoms with Crippen LogP contribution < -0.4 is 10.2 Å². The number of aryl methyl sites for hydroxylation is 3. The Morgan fingerprint density at radius 3 is 2.68 bits per heavy atom.